The lowest BCUT2D eigenvalue weighted by molar-refractivity contribution is 0.239. The van der Waals surface area contributed by atoms with Gasteiger partial charge in [0, 0.05) is 30.0 Å². The smallest absolute Gasteiger partial charge is 0.174 e. The van der Waals surface area contributed by atoms with Gasteiger partial charge in [-0.05, 0) is 62.4 Å². The van der Waals surface area contributed by atoms with Crippen LogP contribution in [0.4, 0.5) is 5.69 Å². The zero-order valence-corrected chi connectivity index (χ0v) is 17.1. The Balaban J connectivity index is 1.52. The van der Waals surface area contributed by atoms with E-state index in [0.29, 0.717) is 12.0 Å². The predicted octanol–water partition coefficient (Wildman–Crippen LogP) is 3.24. The minimum absolute atomic E-state index is 0.293. The molecule has 1 fully saturated rings. The largest absolute Gasteiger partial charge is 0.494 e. The standard InChI is InChI=1S/C22H32N6O/c1-2-3-14-29-19-10-8-18(9-11-19)26-20-15-22(24,16-4-6-17(23)7-5-16)27-28-13-12-25-21(20)28/h8-13,15-17,26-27H,2-7,14,23-24H2,1H3. The fourth-order valence-electron chi connectivity index (χ4n) is 4.16. The molecule has 2 heterocycles. The van der Waals surface area contributed by atoms with Crippen LogP contribution in [-0.4, -0.2) is 28.0 Å². The third-order valence-corrected chi connectivity index (χ3v) is 5.93. The summed E-state index contributed by atoms with van der Waals surface area (Å²) in [4.78, 5) is 4.49. The molecule has 1 aliphatic carbocycles. The maximum Gasteiger partial charge on any atom is 0.174 e. The van der Waals surface area contributed by atoms with Gasteiger partial charge in [-0.3, -0.25) is 0 Å². The van der Waals surface area contributed by atoms with Gasteiger partial charge in [0.05, 0.1) is 12.3 Å². The quantitative estimate of drug-likeness (QED) is 0.536. The van der Waals surface area contributed by atoms with Gasteiger partial charge in [-0.2, -0.15) is 0 Å². The van der Waals surface area contributed by atoms with Crippen LogP contribution in [0.1, 0.15) is 51.3 Å². The maximum absolute atomic E-state index is 6.85. The van der Waals surface area contributed by atoms with Crippen LogP contribution in [0.15, 0.2) is 42.7 Å². The third-order valence-electron chi connectivity index (χ3n) is 5.93. The number of rotatable bonds is 7. The lowest BCUT2D eigenvalue weighted by atomic mass is 9.78. The highest BCUT2D eigenvalue weighted by molar-refractivity contribution is 5.76. The summed E-state index contributed by atoms with van der Waals surface area (Å²) in [7, 11) is 0. The summed E-state index contributed by atoms with van der Waals surface area (Å²) in [6, 6.07) is 8.32. The Morgan fingerprint density at radius 2 is 2.00 bits per heavy atom. The molecule has 0 bridgehead atoms. The van der Waals surface area contributed by atoms with E-state index >= 15 is 0 Å². The molecule has 1 unspecified atom stereocenters. The van der Waals surface area contributed by atoms with E-state index < -0.39 is 5.66 Å². The first-order valence-electron chi connectivity index (χ1n) is 10.7. The van der Waals surface area contributed by atoms with Crippen molar-refractivity contribution in [3.8, 4) is 5.75 Å². The average Bonchev–Trinajstić information content (AvgIpc) is 3.18. The first-order chi connectivity index (χ1) is 14.1. The fraction of sp³-hybridized carbons (Fsp3) is 0.500. The molecule has 1 aromatic heterocycles. The molecule has 0 spiro atoms. The van der Waals surface area contributed by atoms with E-state index in [1.807, 2.05) is 35.1 Å². The number of ether oxygens (including phenoxy) is 1. The van der Waals surface area contributed by atoms with Crippen LogP contribution >= 0.6 is 0 Å². The molecule has 0 saturated heterocycles. The summed E-state index contributed by atoms with van der Waals surface area (Å²) in [5, 5.41) is 3.50. The van der Waals surface area contributed by atoms with Crippen LogP contribution < -0.4 is 26.9 Å². The zero-order valence-electron chi connectivity index (χ0n) is 17.1. The molecule has 29 heavy (non-hydrogen) atoms. The first-order valence-corrected chi connectivity index (χ1v) is 10.7. The van der Waals surface area contributed by atoms with Crippen molar-refractivity contribution in [1.29, 1.82) is 0 Å². The van der Waals surface area contributed by atoms with Crippen LogP contribution in [-0.2, 0) is 0 Å². The molecule has 1 aliphatic heterocycles. The van der Waals surface area contributed by atoms with Crippen molar-refractivity contribution in [2.24, 2.45) is 17.4 Å². The third kappa shape index (κ3) is 4.41. The van der Waals surface area contributed by atoms with Crippen molar-refractivity contribution in [3.63, 3.8) is 0 Å². The van der Waals surface area contributed by atoms with Crippen LogP contribution in [0.25, 0.3) is 5.70 Å². The molecule has 0 amide bonds. The highest BCUT2D eigenvalue weighted by Crippen LogP contribution is 2.35. The lowest BCUT2D eigenvalue weighted by Crippen LogP contribution is -2.58. The number of benzene rings is 1. The second-order valence-corrected chi connectivity index (χ2v) is 8.19. The van der Waals surface area contributed by atoms with E-state index in [1.165, 1.54) is 0 Å². The summed E-state index contributed by atoms with van der Waals surface area (Å²) in [6.07, 6.45) is 12.0. The van der Waals surface area contributed by atoms with Gasteiger partial charge in [-0.25, -0.2) is 9.66 Å². The molecule has 7 nitrogen and oxygen atoms in total. The summed E-state index contributed by atoms with van der Waals surface area (Å²) < 4.78 is 7.67. The van der Waals surface area contributed by atoms with E-state index in [0.717, 1.165) is 68.1 Å². The number of nitrogens with one attached hydrogen (secondary N) is 2. The average molecular weight is 397 g/mol. The molecule has 2 aromatic rings. The van der Waals surface area contributed by atoms with Gasteiger partial charge in [0.15, 0.2) is 5.82 Å². The van der Waals surface area contributed by atoms with Crippen LogP contribution in [0.5, 0.6) is 5.75 Å². The highest BCUT2D eigenvalue weighted by atomic mass is 16.5. The van der Waals surface area contributed by atoms with Gasteiger partial charge >= 0.3 is 0 Å². The number of hydrogen-bond donors (Lipinski definition) is 4. The molecule has 1 atom stereocenters. The summed E-state index contributed by atoms with van der Waals surface area (Å²) in [6.45, 7) is 2.91. The molecule has 1 saturated carbocycles. The fourth-order valence-corrected chi connectivity index (χ4v) is 4.16. The highest BCUT2D eigenvalue weighted by Gasteiger charge is 2.39. The van der Waals surface area contributed by atoms with Crippen LogP contribution in [0.3, 0.4) is 0 Å². The monoisotopic (exact) mass is 396 g/mol. The zero-order chi connectivity index (χ0) is 20.3. The molecule has 0 radical (unpaired) electrons. The second-order valence-electron chi connectivity index (χ2n) is 8.19. The topological polar surface area (TPSA) is 103 Å². The number of fused-ring (bicyclic) bond motifs is 1. The van der Waals surface area contributed by atoms with Crippen molar-refractivity contribution >= 4 is 11.4 Å². The molecule has 156 valence electrons. The first kappa shape index (κ1) is 19.8. The van der Waals surface area contributed by atoms with Gasteiger partial charge in [-0.1, -0.05) is 13.3 Å². The van der Waals surface area contributed by atoms with Crippen molar-refractivity contribution in [2.75, 3.05) is 17.3 Å². The lowest BCUT2D eigenvalue weighted by Gasteiger charge is -2.42. The molecule has 7 heteroatoms. The minimum atomic E-state index is -0.640. The SMILES string of the molecule is CCCCOc1ccc(NC2=CC(N)(C3CCC(N)CC3)Nn3ccnc32)cc1. The van der Waals surface area contributed by atoms with Crippen molar-refractivity contribution < 1.29 is 4.74 Å². The number of hydrogen-bond acceptors (Lipinski definition) is 6. The molecular formula is C22H32N6O. The van der Waals surface area contributed by atoms with E-state index in [1.54, 1.807) is 6.20 Å². The van der Waals surface area contributed by atoms with E-state index in [-0.39, 0.29) is 0 Å². The normalized spacial score (nSPS) is 26.2. The number of anilines is 1. The molecule has 6 N–H and O–H groups in total. The van der Waals surface area contributed by atoms with E-state index in [4.69, 9.17) is 16.2 Å². The van der Waals surface area contributed by atoms with Gasteiger partial charge in [-0.15, -0.1) is 0 Å². The Hall–Kier alpha value is -2.51. The maximum atomic E-state index is 6.85. The number of unbranched alkanes of at least 4 members (excludes halogenated alkanes) is 1. The van der Waals surface area contributed by atoms with Gasteiger partial charge in [0.1, 0.15) is 11.4 Å². The summed E-state index contributed by atoms with van der Waals surface area (Å²) in [5.41, 5.74) is 17.6. The Bertz CT molecular complexity index is 837. The Morgan fingerprint density at radius 3 is 2.72 bits per heavy atom. The van der Waals surface area contributed by atoms with Gasteiger partial charge < -0.3 is 26.9 Å². The Kier molecular flexibility index (Phi) is 5.78. The van der Waals surface area contributed by atoms with Crippen LogP contribution in [0, 0.1) is 5.92 Å². The van der Waals surface area contributed by atoms with Gasteiger partial charge in [0.25, 0.3) is 0 Å². The number of aromatic nitrogens is 2. The summed E-state index contributed by atoms with van der Waals surface area (Å²) in [5.74, 6) is 2.03. The number of imidazole rings is 1. The molecular weight excluding hydrogens is 364 g/mol. The number of nitrogens with two attached hydrogens (primary N) is 2. The van der Waals surface area contributed by atoms with Crippen molar-refractivity contribution in [2.45, 2.75) is 57.2 Å². The van der Waals surface area contributed by atoms with Crippen LogP contribution in [0.2, 0.25) is 0 Å². The molecule has 1 aromatic carbocycles. The van der Waals surface area contributed by atoms with Gasteiger partial charge in [0.2, 0.25) is 0 Å². The van der Waals surface area contributed by atoms with Crippen molar-refractivity contribution in [3.05, 3.63) is 48.6 Å². The van der Waals surface area contributed by atoms with Crippen molar-refractivity contribution in [1.82, 2.24) is 9.66 Å². The summed E-state index contributed by atoms with van der Waals surface area (Å²) >= 11 is 0. The minimum Gasteiger partial charge on any atom is -0.494 e. The van der Waals surface area contributed by atoms with E-state index in [9.17, 15) is 0 Å². The van der Waals surface area contributed by atoms with E-state index in [2.05, 4.69) is 28.7 Å². The number of nitrogens with zero attached hydrogens (tertiary/aromatic N) is 2. The predicted molar refractivity (Wildman–Crippen MR) is 117 cm³/mol. The molecule has 2 aliphatic rings. The molecule has 4 rings (SSSR count). The Labute approximate surface area is 172 Å². The second kappa shape index (κ2) is 8.47. The Morgan fingerprint density at radius 1 is 1.24 bits per heavy atom.